The molecule has 1 unspecified atom stereocenters. The number of oxazole rings is 1. The summed E-state index contributed by atoms with van der Waals surface area (Å²) in [7, 11) is 0. The molecule has 0 aliphatic carbocycles. The van der Waals surface area contributed by atoms with Gasteiger partial charge in [-0.25, -0.2) is 0 Å². The van der Waals surface area contributed by atoms with E-state index in [0.717, 1.165) is 10.5 Å². The zero-order valence-electron chi connectivity index (χ0n) is 15.4. The molecule has 0 radical (unpaired) electrons. The number of guanidine groups is 1. The van der Waals surface area contributed by atoms with Crippen LogP contribution in [0.15, 0.2) is 99.2 Å². The van der Waals surface area contributed by atoms with E-state index in [4.69, 9.17) is 10.2 Å². The lowest BCUT2D eigenvalue weighted by Crippen LogP contribution is -2.38. The number of hydrogen-bond donors (Lipinski definition) is 2. The molecule has 1 heterocycles. The summed E-state index contributed by atoms with van der Waals surface area (Å²) in [5.74, 6) is -0.349. The fourth-order valence-electron chi connectivity index (χ4n) is 2.77. The molecule has 0 spiro atoms. The summed E-state index contributed by atoms with van der Waals surface area (Å²) in [6.45, 7) is 0. The van der Waals surface area contributed by atoms with E-state index in [-0.39, 0.29) is 17.9 Å². The van der Waals surface area contributed by atoms with E-state index in [1.165, 1.54) is 11.8 Å². The van der Waals surface area contributed by atoms with Crippen LogP contribution in [-0.4, -0.2) is 16.9 Å². The highest BCUT2D eigenvalue weighted by molar-refractivity contribution is 8.00. The van der Waals surface area contributed by atoms with Gasteiger partial charge in [0.2, 0.25) is 11.9 Å². The number of aromatic nitrogens is 1. The molecule has 6 nitrogen and oxygen atoms in total. The van der Waals surface area contributed by atoms with E-state index in [0.29, 0.717) is 11.1 Å². The SMILES string of the molecule is N/C(=N\c1nc2ccccc2o1)NC(=O)C(Sc1ccccc1)c1ccccc1. The molecule has 7 heteroatoms. The van der Waals surface area contributed by atoms with Crippen molar-refractivity contribution in [2.45, 2.75) is 10.1 Å². The van der Waals surface area contributed by atoms with Crippen LogP contribution in [-0.2, 0) is 4.79 Å². The number of carbonyl (C=O) groups is 1. The molecule has 4 aromatic rings. The minimum atomic E-state index is -0.490. The first-order valence-electron chi connectivity index (χ1n) is 8.96. The zero-order chi connectivity index (χ0) is 20.1. The Hall–Kier alpha value is -3.58. The molecule has 0 aliphatic heterocycles. The number of rotatable bonds is 5. The second kappa shape index (κ2) is 8.62. The molecular formula is C22H18N4O2S. The van der Waals surface area contributed by atoms with Gasteiger partial charge in [-0.05, 0) is 29.8 Å². The van der Waals surface area contributed by atoms with Gasteiger partial charge in [0.15, 0.2) is 5.58 Å². The number of nitrogens with two attached hydrogens (primary N) is 1. The van der Waals surface area contributed by atoms with Crippen molar-refractivity contribution < 1.29 is 9.21 Å². The van der Waals surface area contributed by atoms with E-state index >= 15 is 0 Å². The molecule has 1 amide bonds. The second-order valence-corrected chi connectivity index (χ2v) is 7.35. The number of fused-ring (bicyclic) bond motifs is 1. The molecule has 0 saturated heterocycles. The molecule has 3 aromatic carbocycles. The van der Waals surface area contributed by atoms with Gasteiger partial charge in [-0.2, -0.15) is 9.98 Å². The number of benzene rings is 3. The van der Waals surface area contributed by atoms with Gasteiger partial charge in [0.25, 0.3) is 0 Å². The van der Waals surface area contributed by atoms with Crippen molar-refractivity contribution in [1.82, 2.24) is 10.3 Å². The Bertz CT molecular complexity index is 1110. The highest BCUT2D eigenvalue weighted by Gasteiger charge is 2.22. The van der Waals surface area contributed by atoms with Crippen LogP contribution in [0, 0.1) is 0 Å². The van der Waals surface area contributed by atoms with Crippen molar-refractivity contribution in [2.24, 2.45) is 10.7 Å². The van der Waals surface area contributed by atoms with Crippen molar-refractivity contribution in [3.8, 4) is 0 Å². The van der Waals surface area contributed by atoms with Crippen LogP contribution in [0.1, 0.15) is 10.8 Å². The Morgan fingerprint density at radius 1 is 0.966 bits per heavy atom. The Kier molecular flexibility index (Phi) is 5.58. The number of thioether (sulfide) groups is 1. The van der Waals surface area contributed by atoms with Crippen molar-refractivity contribution in [3.05, 3.63) is 90.5 Å². The molecule has 0 fully saturated rings. The van der Waals surface area contributed by atoms with Gasteiger partial charge in [-0.15, -0.1) is 11.8 Å². The number of para-hydroxylation sites is 2. The molecule has 29 heavy (non-hydrogen) atoms. The summed E-state index contributed by atoms with van der Waals surface area (Å²) in [5.41, 5.74) is 8.09. The first-order valence-corrected chi connectivity index (χ1v) is 9.84. The number of carbonyl (C=O) groups excluding carboxylic acids is 1. The summed E-state index contributed by atoms with van der Waals surface area (Å²) < 4.78 is 5.53. The molecule has 0 bridgehead atoms. The lowest BCUT2D eigenvalue weighted by atomic mass is 10.1. The third kappa shape index (κ3) is 4.64. The average Bonchev–Trinajstić information content (AvgIpc) is 3.15. The minimum Gasteiger partial charge on any atom is -0.422 e. The summed E-state index contributed by atoms with van der Waals surface area (Å²) >= 11 is 1.44. The topological polar surface area (TPSA) is 93.5 Å². The molecule has 0 aliphatic rings. The first kappa shape index (κ1) is 18.8. The standard InChI is InChI=1S/C22H18N4O2S/c23-21(26-22-24-17-13-7-8-14-18(17)28-22)25-20(27)19(15-9-3-1-4-10-15)29-16-11-5-2-6-12-16/h1-14,19H,(H3,23,24,25,26,27). The normalized spacial score (nSPS) is 12.6. The van der Waals surface area contributed by atoms with Crippen LogP contribution < -0.4 is 11.1 Å². The van der Waals surface area contributed by atoms with E-state index < -0.39 is 5.25 Å². The largest absolute Gasteiger partial charge is 0.422 e. The molecule has 3 N–H and O–H groups in total. The van der Waals surface area contributed by atoms with Gasteiger partial charge in [0, 0.05) is 4.90 Å². The highest BCUT2D eigenvalue weighted by Crippen LogP contribution is 2.35. The van der Waals surface area contributed by atoms with Gasteiger partial charge in [0.1, 0.15) is 10.8 Å². The quantitative estimate of drug-likeness (QED) is 0.293. The smallest absolute Gasteiger partial charge is 0.325 e. The number of nitrogens with one attached hydrogen (secondary N) is 1. The van der Waals surface area contributed by atoms with Crippen molar-refractivity contribution >= 4 is 40.7 Å². The van der Waals surface area contributed by atoms with Crippen molar-refractivity contribution in [1.29, 1.82) is 0 Å². The summed E-state index contributed by atoms with van der Waals surface area (Å²) in [6.07, 6.45) is 0. The summed E-state index contributed by atoms with van der Waals surface area (Å²) in [5, 5.41) is 2.17. The Morgan fingerprint density at radius 2 is 1.62 bits per heavy atom. The zero-order valence-corrected chi connectivity index (χ0v) is 16.2. The number of nitrogens with zero attached hydrogens (tertiary/aromatic N) is 2. The van der Waals surface area contributed by atoms with Gasteiger partial charge in [-0.3, -0.25) is 10.1 Å². The van der Waals surface area contributed by atoms with Crippen LogP contribution in [0.4, 0.5) is 6.01 Å². The van der Waals surface area contributed by atoms with Crippen LogP contribution in [0.5, 0.6) is 0 Å². The number of amides is 1. The third-order valence-corrected chi connectivity index (χ3v) is 5.35. The first-order chi connectivity index (χ1) is 14.2. The number of hydrogen-bond acceptors (Lipinski definition) is 5. The molecule has 0 saturated carbocycles. The van der Waals surface area contributed by atoms with Crippen LogP contribution in [0.2, 0.25) is 0 Å². The van der Waals surface area contributed by atoms with E-state index in [2.05, 4.69) is 15.3 Å². The lowest BCUT2D eigenvalue weighted by molar-refractivity contribution is -0.119. The fourth-order valence-corrected chi connectivity index (χ4v) is 3.81. The second-order valence-electron chi connectivity index (χ2n) is 6.17. The van der Waals surface area contributed by atoms with Gasteiger partial charge < -0.3 is 10.2 Å². The maximum absolute atomic E-state index is 13.0. The average molecular weight is 402 g/mol. The minimum absolute atomic E-state index is 0.0730. The number of aliphatic imine (C=N–C) groups is 1. The van der Waals surface area contributed by atoms with Crippen LogP contribution >= 0.6 is 11.8 Å². The van der Waals surface area contributed by atoms with Crippen molar-refractivity contribution in [2.75, 3.05) is 0 Å². The van der Waals surface area contributed by atoms with Gasteiger partial charge >= 0.3 is 6.01 Å². The Balaban J connectivity index is 1.55. The van der Waals surface area contributed by atoms with Crippen LogP contribution in [0.3, 0.4) is 0 Å². The Labute approximate surface area is 171 Å². The maximum Gasteiger partial charge on any atom is 0.325 e. The summed E-state index contributed by atoms with van der Waals surface area (Å²) in [4.78, 5) is 22.3. The van der Waals surface area contributed by atoms with Gasteiger partial charge in [0.05, 0.1) is 0 Å². The monoisotopic (exact) mass is 402 g/mol. The van der Waals surface area contributed by atoms with Crippen LogP contribution in [0.25, 0.3) is 11.1 Å². The highest BCUT2D eigenvalue weighted by atomic mass is 32.2. The van der Waals surface area contributed by atoms with E-state index in [1.807, 2.05) is 78.9 Å². The molecule has 1 atom stereocenters. The maximum atomic E-state index is 13.0. The molecule has 144 valence electrons. The van der Waals surface area contributed by atoms with Gasteiger partial charge in [-0.1, -0.05) is 60.7 Å². The lowest BCUT2D eigenvalue weighted by Gasteiger charge is -2.16. The Morgan fingerprint density at radius 3 is 2.34 bits per heavy atom. The fraction of sp³-hybridized carbons (Fsp3) is 0.0455. The predicted molar refractivity (Wildman–Crippen MR) is 115 cm³/mol. The van der Waals surface area contributed by atoms with E-state index in [9.17, 15) is 4.79 Å². The molecule has 1 aromatic heterocycles. The molecular weight excluding hydrogens is 384 g/mol. The van der Waals surface area contributed by atoms with Crippen molar-refractivity contribution in [3.63, 3.8) is 0 Å². The third-order valence-electron chi connectivity index (χ3n) is 4.09. The molecule has 4 rings (SSSR count). The summed E-state index contributed by atoms with van der Waals surface area (Å²) in [6, 6.07) is 26.7. The predicted octanol–water partition coefficient (Wildman–Crippen LogP) is 4.42. The van der Waals surface area contributed by atoms with E-state index in [1.54, 1.807) is 6.07 Å².